The highest BCUT2D eigenvalue weighted by Crippen LogP contribution is 2.22. The average Bonchev–Trinajstić information content (AvgIpc) is 2.55. The third kappa shape index (κ3) is 5.23. The number of urea groups is 1. The van der Waals surface area contributed by atoms with Crippen LogP contribution in [-0.4, -0.2) is 54.9 Å². The smallest absolute Gasteiger partial charge is 0.317 e. The highest BCUT2D eigenvalue weighted by atomic mass is 16.5. The maximum Gasteiger partial charge on any atom is 0.317 e. The van der Waals surface area contributed by atoms with Gasteiger partial charge in [-0.25, -0.2) is 4.79 Å². The van der Waals surface area contributed by atoms with Crippen molar-refractivity contribution >= 4 is 12.0 Å². The number of hydrogen-bond acceptors (Lipinski definition) is 3. The van der Waals surface area contributed by atoms with Crippen LogP contribution in [0.2, 0.25) is 0 Å². The third-order valence-electron chi connectivity index (χ3n) is 4.32. The standard InChI is InChI=1S/C18H26N2O4/c1-13-8-15(17(21)22)11-20(10-13)18(23)19-16(12-24-2)9-14-6-4-3-5-7-14/h3-7,13,15-16H,8-12H2,1-2H3,(H,19,23)(H,21,22). The summed E-state index contributed by atoms with van der Waals surface area (Å²) in [5, 5.41) is 12.2. The first-order valence-corrected chi connectivity index (χ1v) is 8.30. The van der Waals surface area contributed by atoms with E-state index in [0.29, 0.717) is 26.0 Å². The molecule has 3 atom stereocenters. The number of carbonyl (C=O) groups is 2. The molecule has 1 saturated heterocycles. The summed E-state index contributed by atoms with van der Waals surface area (Å²) >= 11 is 0. The average molecular weight is 334 g/mol. The Bertz CT molecular complexity index is 549. The highest BCUT2D eigenvalue weighted by Gasteiger charge is 2.32. The first kappa shape index (κ1) is 18.3. The van der Waals surface area contributed by atoms with Crippen molar-refractivity contribution < 1.29 is 19.4 Å². The van der Waals surface area contributed by atoms with E-state index < -0.39 is 11.9 Å². The molecule has 132 valence electrons. The van der Waals surface area contributed by atoms with Gasteiger partial charge in [0, 0.05) is 20.2 Å². The lowest BCUT2D eigenvalue weighted by atomic mass is 9.91. The molecule has 24 heavy (non-hydrogen) atoms. The summed E-state index contributed by atoms with van der Waals surface area (Å²) < 4.78 is 5.22. The predicted octanol–water partition coefficient (Wildman–Crippen LogP) is 2.00. The second-order valence-electron chi connectivity index (χ2n) is 6.57. The van der Waals surface area contributed by atoms with Crippen molar-refractivity contribution in [3.63, 3.8) is 0 Å². The van der Waals surface area contributed by atoms with Gasteiger partial charge < -0.3 is 20.1 Å². The molecule has 6 nitrogen and oxygen atoms in total. The quantitative estimate of drug-likeness (QED) is 0.834. The number of likely N-dealkylation sites (tertiary alicyclic amines) is 1. The molecule has 0 aliphatic carbocycles. The molecule has 2 amide bonds. The number of benzene rings is 1. The number of carbonyl (C=O) groups excluding carboxylic acids is 1. The largest absolute Gasteiger partial charge is 0.481 e. The topological polar surface area (TPSA) is 78.9 Å². The summed E-state index contributed by atoms with van der Waals surface area (Å²) in [6.45, 7) is 3.23. The SMILES string of the molecule is COCC(Cc1ccccc1)NC(=O)N1CC(C)CC(C(=O)O)C1. The lowest BCUT2D eigenvalue weighted by Crippen LogP contribution is -2.52. The van der Waals surface area contributed by atoms with Crippen LogP contribution in [0.1, 0.15) is 18.9 Å². The lowest BCUT2D eigenvalue weighted by Gasteiger charge is -2.35. The van der Waals surface area contributed by atoms with Crippen molar-refractivity contribution in [2.75, 3.05) is 26.8 Å². The molecule has 6 heteroatoms. The summed E-state index contributed by atoms with van der Waals surface area (Å²) in [6.07, 6.45) is 1.29. The Morgan fingerprint density at radius 2 is 2.04 bits per heavy atom. The van der Waals surface area contributed by atoms with Crippen molar-refractivity contribution in [3.05, 3.63) is 35.9 Å². The third-order valence-corrected chi connectivity index (χ3v) is 4.32. The van der Waals surface area contributed by atoms with Gasteiger partial charge in [0.2, 0.25) is 0 Å². The van der Waals surface area contributed by atoms with Gasteiger partial charge in [-0.1, -0.05) is 37.3 Å². The molecule has 1 aromatic rings. The number of piperidine rings is 1. The summed E-state index contributed by atoms with van der Waals surface area (Å²) in [4.78, 5) is 25.4. The molecule has 0 spiro atoms. The van der Waals surface area contributed by atoms with Crippen LogP contribution in [-0.2, 0) is 16.0 Å². The van der Waals surface area contributed by atoms with E-state index in [4.69, 9.17) is 4.74 Å². The molecule has 0 aromatic heterocycles. The van der Waals surface area contributed by atoms with Gasteiger partial charge >= 0.3 is 12.0 Å². The van der Waals surface area contributed by atoms with Crippen LogP contribution in [0.3, 0.4) is 0 Å². The minimum atomic E-state index is -0.836. The van der Waals surface area contributed by atoms with Gasteiger partial charge in [0.25, 0.3) is 0 Å². The number of carboxylic acids is 1. The van der Waals surface area contributed by atoms with E-state index in [0.717, 1.165) is 5.56 Å². The number of carboxylic acid groups (broad SMARTS) is 1. The molecule has 0 saturated carbocycles. The van der Waals surface area contributed by atoms with E-state index in [1.165, 1.54) is 0 Å². The van der Waals surface area contributed by atoms with Crippen LogP contribution in [0.5, 0.6) is 0 Å². The van der Waals surface area contributed by atoms with E-state index >= 15 is 0 Å². The van der Waals surface area contributed by atoms with Crippen molar-refractivity contribution in [3.8, 4) is 0 Å². The van der Waals surface area contributed by atoms with E-state index in [2.05, 4.69) is 5.32 Å². The number of rotatable bonds is 6. The zero-order valence-electron chi connectivity index (χ0n) is 14.3. The van der Waals surface area contributed by atoms with Crippen LogP contribution < -0.4 is 5.32 Å². The molecule has 1 aromatic carbocycles. The van der Waals surface area contributed by atoms with Gasteiger partial charge in [-0.2, -0.15) is 0 Å². The van der Waals surface area contributed by atoms with Gasteiger partial charge in [0.15, 0.2) is 0 Å². The van der Waals surface area contributed by atoms with Crippen molar-refractivity contribution in [2.24, 2.45) is 11.8 Å². The van der Waals surface area contributed by atoms with Crippen molar-refractivity contribution in [2.45, 2.75) is 25.8 Å². The zero-order valence-corrected chi connectivity index (χ0v) is 14.3. The fraction of sp³-hybridized carbons (Fsp3) is 0.556. The van der Waals surface area contributed by atoms with Crippen molar-refractivity contribution in [1.29, 1.82) is 0 Å². The van der Waals surface area contributed by atoms with Gasteiger partial charge in [0.05, 0.1) is 18.6 Å². The molecule has 1 fully saturated rings. The Balaban J connectivity index is 1.97. The first-order valence-electron chi connectivity index (χ1n) is 8.30. The van der Waals surface area contributed by atoms with Crippen LogP contribution in [0.4, 0.5) is 4.79 Å². The van der Waals surface area contributed by atoms with Gasteiger partial charge in [0.1, 0.15) is 0 Å². The van der Waals surface area contributed by atoms with E-state index in [9.17, 15) is 14.7 Å². The molecule has 1 aliphatic heterocycles. The first-order chi connectivity index (χ1) is 11.5. The number of ether oxygens (including phenoxy) is 1. The fourth-order valence-electron chi connectivity index (χ4n) is 3.21. The molecular weight excluding hydrogens is 308 g/mol. The number of methoxy groups -OCH3 is 1. The highest BCUT2D eigenvalue weighted by molar-refractivity contribution is 5.77. The van der Waals surface area contributed by atoms with Crippen molar-refractivity contribution in [1.82, 2.24) is 10.2 Å². The molecule has 3 unspecified atom stereocenters. The molecule has 1 aliphatic rings. The number of aliphatic carboxylic acids is 1. The number of nitrogens with one attached hydrogen (secondary N) is 1. The second kappa shape index (κ2) is 8.68. The molecule has 0 radical (unpaired) electrons. The fourth-order valence-corrected chi connectivity index (χ4v) is 3.21. The number of nitrogens with zero attached hydrogens (tertiary/aromatic N) is 1. The summed E-state index contributed by atoms with van der Waals surface area (Å²) in [6, 6.07) is 9.54. The van der Waals surface area contributed by atoms with E-state index in [-0.39, 0.29) is 24.5 Å². The Labute approximate surface area is 142 Å². The lowest BCUT2D eigenvalue weighted by molar-refractivity contribution is -0.143. The van der Waals surface area contributed by atoms with Crippen LogP contribution >= 0.6 is 0 Å². The van der Waals surface area contributed by atoms with Crippen LogP contribution in [0.25, 0.3) is 0 Å². The normalized spacial score (nSPS) is 22.0. The minimum absolute atomic E-state index is 0.148. The molecule has 2 rings (SSSR count). The number of hydrogen-bond donors (Lipinski definition) is 2. The number of amides is 2. The Hall–Kier alpha value is -2.08. The van der Waals surface area contributed by atoms with Gasteiger partial charge in [-0.3, -0.25) is 4.79 Å². The van der Waals surface area contributed by atoms with Gasteiger partial charge in [-0.05, 0) is 24.3 Å². The monoisotopic (exact) mass is 334 g/mol. The Kier molecular flexibility index (Phi) is 6.61. The Morgan fingerprint density at radius 3 is 2.67 bits per heavy atom. The summed E-state index contributed by atoms with van der Waals surface area (Å²) in [5.74, 6) is -1.15. The molecule has 0 bridgehead atoms. The van der Waals surface area contributed by atoms with Crippen LogP contribution in [0, 0.1) is 11.8 Å². The zero-order chi connectivity index (χ0) is 17.5. The summed E-state index contributed by atoms with van der Waals surface area (Å²) in [5.41, 5.74) is 1.12. The molecule has 2 N–H and O–H groups in total. The van der Waals surface area contributed by atoms with E-state index in [1.807, 2.05) is 37.3 Å². The molecule has 1 heterocycles. The van der Waals surface area contributed by atoms with Gasteiger partial charge in [-0.15, -0.1) is 0 Å². The predicted molar refractivity (Wildman–Crippen MR) is 90.8 cm³/mol. The maximum atomic E-state index is 12.6. The minimum Gasteiger partial charge on any atom is -0.481 e. The van der Waals surface area contributed by atoms with E-state index in [1.54, 1.807) is 12.0 Å². The Morgan fingerprint density at radius 1 is 1.33 bits per heavy atom. The maximum absolute atomic E-state index is 12.6. The summed E-state index contributed by atoms with van der Waals surface area (Å²) in [7, 11) is 1.60. The molecular formula is C18H26N2O4. The van der Waals surface area contributed by atoms with Crippen LogP contribution in [0.15, 0.2) is 30.3 Å². The second-order valence-corrected chi connectivity index (χ2v) is 6.57.